The third-order valence-corrected chi connectivity index (χ3v) is 4.77. The van der Waals surface area contributed by atoms with Crippen molar-refractivity contribution in [2.75, 3.05) is 18.7 Å². The minimum atomic E-state index is -0.537. The fourth-order valence-electron chi connectivity index (χ4n) is 2.75. The number of halogens is 2. The average molecular weight is 393 g/mol. The summed E-state index contributed by atoms with van der Waals surface area (Å²) < 4.78 is 5.27. The zero-order chi connectivity index (χ0) is 19.0. The molecular weight excluding hydrogens is 379 g/mol. The van der Waals surface area contributed by atoms with Crippen LogP contribution in [0.25, 0.3) is 0 Å². The summed E-state index contributed by atoms with van der Waals surface area (Å²) in [5.41, 5.74) is 0.774. The van der Waals surface area contributed by atoms with E-state index in [4.69, 9.17) is 27.9 Å². The molecule has 134 valence electrons. The molecule has 0 spiro atoms. The molecule has 3 amide bonds. The van der Waals surface area contributed by atoms with Gasteiger partial charge in [-0.05, 0) is 24.3 Å². The number of fused-ring (bicyclic) bond motifs is 1. The van der Waals surface area contributed by atoms with Crippen LogP contribution in [-0.2, 0) is 4.79 Å². The van der Waals surface area contributed by atoms with Gasteiger partial charge >= 0.3 is 0 Å². The molecular formula is C18H14Cl2N2O4. The van der Waals surface area contributed by atoms with Crippen molar-refractivity contribution in [2.45, 2.75) is 6.92 Å². The monoisotopic (exact) mass is 392 g/mol. The highest BCUT2D eigenvalue weighted by Gasteiger charge is 2.38. The van der Waals surface area contributed by atoms with Gasteiger partial charge in [0, 0.05) is 6.92 Å². The summed E-state index contributed by atoms with van der Waals surface area (Å²) >= 11 is 11.9. The van der Waals surface area contributed by atoms with Crippen molar-refractivity contribution in [2.24, 2.45) is 0 Å². The van der Waals surface area contributed by atoms with Gasteiger partial charge in [-0.3, -0.25) is 24.2 Å². The molecule has 8 heteroatoms. The predicted octanol–water partition coefficient (Wildman–Crippen LogP) is 3.61. The van der Waals surface area contributed by atoms with E-state index in [-0.39, 0.29) is 33.7 Å². The topological polar surface area (TPSA) is 66.9 Å². The summed E-state index contributed by atoms with van der Waals surface area (Å²) in [5.74, 6) is -0.970. The molecule has 0 saturated carbocycles. The highest BCUT2D eigenvalue weighted by molar-refractivity contribution is 6.43. The lowest BCUT2D eigenvalue weighted by molar-refractivity contribution is -0.116. The number of ether oxygens (including phenoxy) is 1. The quantitative estimate of drug-likeness (QED) is 0.745. The highest BCUT2D eigenvalue weighted by Crippen LogP contribution is 2.33. The van der Waals surface area contributed by atoms with E-state index >= 15 is 0 Å². The predicted molar refractivity (Wildman–Crippen MR) is 98.0 cm³/mol. The summed E-state index contributed by atoms with van der Waals surface area (Å²) in [5, 5.41) is 0.364. The minimum absolute atomic E-state index is 0.160. The first-order valence-corrected chi connectivity index (χ1v) is 8.37. The number of imide groups is 1. The highest BCUT2D eigenvalue weighted by atomic mass is 35.5. The molecule has 0 fully saturated rings. The minimum Gasteiger partial charge on any atom is -0.495 e. The summed E-state index contributed by atoms with van der Waals surface area (Å²) in [4.78, 5) is 39.7. The lowest BCUT2D eigenvalue weighted by Crippen LogP contribution is -2.43. The van der Waals surface area contributed by atoms with Crippen LogP contribution in [0.1, 0.15) is 27.6 Å². The van der Waals surface area contributed by atoms with Gasteiger partial charge in [0.25, 0.3) is 11.8 Å². The maximum absolute atomic E-state index is 12.6. The third-order valence-electron chi connectivity index (χ3n) is 4.05. The van der Waals surface area contributed by atoms with Gasteiger partial charge in [-0.25, -0.2) is 0 Å². The molecule has 0 aromatic heterocycles. The van der Waals surface area contributed by atoms with Crippen molar-refractivity contribution in [3.8, 4) is 5.75 Å². The van der Waals surface area contributed by atoms with Gasteiger partial charge in [-0.1, -0.05) is 35.3 Å². The number of methoxy groups -OCH3 is 1. The van der Waals surface area contributed by atoms with Crippen LogP contribution in [-0.4, -0.2) is 36.4 Å². The second kappa shape index (κ2) is 6.97. The molecule has 1 aliphatic rings. The number of carbonyl (C=O) groups excluding carboxylic acids is 3. The first-order valence-electron chi connectivity index (χ1n) is 7.61. The fraction of sp³-hybridized carbons (Fsp3) is 0.167. The van der Waals surface area contributed by atoms with Crippen LogP contribution in [0, 0.1) is 0 Å². The molecule has 2 aromatic rings. The number of carbonyl (C=O) groups is 3. The van der Waals surface area contributed by atoms with E-state index in [9.17, 15) is 14.4 Å². The fourth-order valence-corrected chi connectivity index (χ4v) is 3.08. The summed E-state index contributed by atoms with van der Waals surface area (Å²) in [6.45, 7) is 1.09. The molecule has 1 heterocycles. The van der Waals surface area contributed by atoms with E-state index in [1.165, 1.54) is 31.1 Å². The molecule has 0 bridgehead atoms. The zero-order valence-corrected chi connectivity index (χ0v) is 15.5. The Morgan fingerprint density at radius 3 is 2.12 bits per heavy atom. The molecule has 0 aliphatic carbocycles. The number of nitrogens with zero attached hydrogens (tertiary/aromatic N) is 2. The van der Waals surface area contributed by atoms with Gasteiger partial charge in [0.15, 0.2) is 0 Å². The number of anilines is 1. The SMILES string of the molecule is COc1ccccc1N(CN1C(=O)c2cc(Cl)c(Cl)cc2C1=O)C(C)=O. The van der Waals surface area contributed by atoms with Crippen molar-refractivity contribution < 1.29 is 19.1 Å². The Labute approximate surface area is 159 Å². The van der Waals surface area contributed by atoms with Crippen LogP contribution in [0.2, 0.25) is 10.0 Å². The maximum atomic E-state index is 12.6. The van der Waals surface area contributed by atoms with Crippen LogP contribution in [0.15, 0.2) is 36.4 Å². The summed E-state index contributed by atoms with van der Waals surface area (Å²) in [7, 11) is 1.48. The summed E-state index contributed by atoms with van der Waals surface area (Å²) in [6.07, 6.45) is 0. The number of hydrogen-bond donors (Lipinski definition) is 0. The molecule has 0 saturated heterocycles. The van der Waals surface area contributed by atoms with E-state index in [1.807, 2.05) is 0 Å². The number of amides is 3. The van der Waals surface area contributed by atoms with Crippen LogP contribution in [0.4, 0.5) is 5.69 Å². The smallest absolute Gasteiger partial charge is 0.263 e. The normalized spacial score (nSPS) is 13.0. The average Bonchev–Trinajstić information content (AvgIpc) is 2.84. The summed E-state index contributed by atoms with van der Waals surface area (Å²) in [6, 6.07) is 9.57. The van der Waals surface area contributed by atoms with Crippen LogP contribution in [0.5, 0.6) is 5.75 Å². The Balaban J connectivity index is 1.98. The molecule has 0 unspecified atom stereocenters. The standard InChI is InChI=1S/C18H14Cl2N2O4/c1-10(23)21(15-5-3-4-6-16(15)26-2)9-22-17(24)11-7-13(19)14(20)8-12(11)18(22)25/h3-8H,9H2,1-2H3. The second-order valence-corrected chi connectivity index (χ2v) is 6.42. The Morgan fingerprint density at radius 2 is 1.62 bits per heavy atom. The van der Waals surface area contributed by atoms with Crippen molar-refractivity contribution in [3.63, 3.8) is 0 Å². The van der Waals surface area contributed by atoms with E-state index in [2.05, 4.69) is 0 Å². The van der Waals surface area contributed by atoms with Crippen LogP contribution in [0.3, 0.4) is 0 Å². The van der Waals surface area contributed by atoms with E-state index in [0.717, 1.165) is 4.90 Å². The van der Waals surface area contributed by atoms with Gasteiger partial charge in [0.2, 0.25) is 5.91 Å². The molecule has 0 radical (unpaired) electrons. The van der Waals surface area contributed by atoms with E-state index in [0.29, 0.717) is 11.4 Å². The van der Waals surface area contributed by atoms with Gasteiger partial charge in [0.1, 0.15) is 12.4 Å². The molecule has 3 rings (SSSR count). The van der Waals surface area contributed by atoms with Gasteiger partial charge in [-0.2, -0.15) is 0 Å². The van der Waals surface area contributed by atoms with E-state index < -0.39 is 11.8 Å². The van der Waals surface area contributed by atoms with Crippen molar-refractivity contribution in [3.05, 3.63) is 57.6 Å². The second-order valence-electron chi connectivity index (χ2n) is 5.61. The number of benzene rings is 2. The zero-order valence-electron chi connectivity index (χ0n) is 14.0. The number of rotatable bonds is 4. The van der Waals surface area contributed by atoms with Crippen LogP contribution < -0.4 is 9.64 Å². The maximum Gasteiger partial charge on any atom is 0.263 e. The lowest BCUT2D eigenvalue weighted by Gasteiger charge is -2.27. The number of para-hydroxylation sites is 2. The first kappa shape index (κ1) is 18.2. The third kappa shape index (κ3) is 3.02. The van der Waals surface area contributed by atoms with E-state index in [1.54, 1.807) is 24.3 Å². The largest absolute Gasteiger partial charge is 0.495 e. The molecule has 0 N–H and O–H groups in total. The molecule has 2 aromatic carbocycles. The molecule has 1 aliphatic heterocycles. The van der Waals surface area contributed by atoms with Gasteiger partial charge in [0.05, 0.1) is 34.0 Å². The van der Waals surface area contributed by atoms with Gasteiger partial charge < -0.3 is 4.74 Å². The molecule has 0 atom stereocenters. The van der Waals surface area contributed by atoms with Crippen molar-refractivity contribution >= 4 is 46.6 Å². The van der Waals surface area contributed by atoms with Crippen LogP contribution >= 0.6 is 23.2 Å². The lowest BCUT2D eigenvalue weighted by atomic mass is 10.1. The molecule has 26 heavy (non-hydrogen) atoms. The number of hydrogen-bond acceptors (Lipinski definition) is 4. The Morgan fingerprint density at radius 1 is 1.08 bits per heavy atom. The van der Waals surface area contributed by atoms with Crippen molar-refractivity contribution in [1.29, 1.82) is 0 Å². The Hall–Kier alpha value is -2.57. The molecule has 6 nitrogen and oxygen atoms in total. The first-order chi connectivity index (χ1) is 12.3. The van der Waals surface area contributed by atoms with Gasteiger partial charge in [-0.15, -0.1) is 0 Å². The Bertz CT molecular complexity index is 888. The Kier molecular flexibility index (Phi) is 4.89. The van der Waals surface area contributed by atoms with Crippen molar-refractivity contribution in [1.82, 2.24) is 4.90 Å².